The molecule has 19 heteroatoms. The number of benzene rings is 6. The molecule has 0 atom stereocenters. The molecule has 0 saturated carbocycles. The van der Waals surface area contributed by atoms with Crippen LogP contribution in [0.3, 0.4) is 0 Å². The maximum atomic E-state index is 5.87. The monoisotopic (exact) mass is 1480 g/mol. The molecule has 0 spiro atoms. The summed E-state index contributed by atoms with van der Waals surface area (Å²) in [4.78, 5) is 4.62. The minimum absolute atomic E-state index is 0. The quantitative estimate of drug-likeness (QED) is 0.107. The van der Waals surface area contributed by atoms with Gasteiger partial charge in [0.1, 0.15) is 0 Å². The summed E-state index contributed by atoms with van der Waals surface area (Å²) in [5.74, 6) is 8.31. The normalized spacial score (nSPS) is 17.5. The molecule has 0 aliphatic carbocycles. The molecule has 3 saturated heterocycles. The van der Waals surface area contributed by atoms with Crippen LogP contribution < -0.4 is 63.1 Å². The summed E-state index contributed by atoms with van der Waals surface area (Å²) in [5, 5.41) is 7.83. The van der Waals surface area contributed by atoms with Crippen molar-refractivity contribution in [1.29, 1.82) is 0 Å². The van der Waals surface area contributed by atoms with Crippen LogP contribution in [-0.2, 0) is 28.4 Å². The zero-order chi connectivity index (χ0) is 57.7. The Morgan fingerprint density at radius 3 is 0.774 bits per heavy atom. The van der Waals surface area contributed by atoms with Crippen molar-refractivity contribution in [3.8, 4) is 0 Å². The van der Waals surface area contributed by atoms with Gasteiger partial charge in [-0.1, -0.05) is 241 Å². The third-order valence-corrected chi connectivity index (χ3v) is 31.5. The van der Waals surface area contributed by atoms with Crippen molar-refractivity contribution in [2.45, 2.75) is 58.9 Å². The molecule has 0 amide bonds. The summed E-state index contributed by atoms with van der Waals surface area (Å²) in [5.41, 5.74) is 0. The van der Waals surface area contributed by atoms with E-state index in [4.69, 9.17) is 37.2 Å². The predicted octanol–water partition coefficient (Wildman–Crippen LogP) is 6.12. The Morgan fingerprint density at radius 2 is 0.571 bits per heavy atom. The van der Waals surface area contributed by atoms with Gasteiger partial charge in [-0.15, -0.1) is 0 Å². The van der Waals surface area contributed by atoms with E-state index in [0.717, 1.165) is 39.3 Å². The molecule has 3 aliphatic rings. The van der Waals surface area contributed by atoms with Gasteiger partial charge >= 0.3 is 50.0 Å². The van der Waals surface area contributed by atoms with E-state index >= 15 is 0 Å². The molecule has 0 N–H and O–H groups in total. The van der Waals surface area contributed by atoms with Gasteiger partial charge in [0, 0.05) is 59.2 Å². The molecule has 0 unspecified atom stereocenters. The van der Waals surface area contributed by atoms with Gasteiger partial charge in [-0.05, 0) is 39.7 Å². The Hall–Kier alpha value is -1.52. The van der Waals surface area contributed by atoms with Gasteiger partial charge < -0.3 is 49.6 Å². The SMILES string of the molecule is C1COCCN2CCOCCOCCN(CCO1)CCOCCOCC2.C[Si](C)(C)N=P([C]P(=N[Si](C)(C)C)(c1ccccc1)c1ccccc1)(c1ccccc1)c1ccccc1.C[Si](C)(C)[C]P(c1ccccc1)c1ccccc1.[Cl-].[Li+].[U+4]. The number of hydrogen-bond acceptors (Lipinski definition) is 10. The summed E-state index contributed by atoms with van der Waals surface area (Å²) in [6.45, 7) is 34.3. The van der Waals surface area contributed by atoms with Crippen LogP contribution in [0.2, 0.25) is 58.9 Å². The van der Waals surface area contributed by atoms with Crippen molar-refractivity contribution >= 4 is 78.4 Å². The molecule has 84 heavy (non-hydrogen) atoms. The molecule has 3 fully saturated rings. The zero-order valence-corrected chi connectivity index (χ0v) is 62.6. The molecule has 6 aromatic rings. The maximum Gasteiger partial charge on any atom is 4.00 e. The second-order valence-corrected chi connectivity index (χ2v) is 45.8. The molecular weight excluding hydrogens is 1390 g/mol. The van der Waals surface area contributed by atoms with Crippen molar-refractivity contribution in [3.63, 3.8) is 0 Å². The molecule has 9 rings (SSSR count). The topological polar surface area (TPSA) is 86.6 Å². The number of nitrogens with zero attached hydrogens (tertiary/aromatic N) is 4. The van der Waals surface area contributed by atoms with E-state index in [1.54, 1.807) is 0 Å². The Morgan fingerprint density at radius 1 is 0.357 bits per heavy atom. The first-order chi connectivity index (χ1) is 39.1. The average molecular weight is 1480 g/mol. The second-order valence-electron chi connectivity index (χ2n) is 23.0. The Balaban J connectivity index is 0.000000345. The Bertz CT molecular complexity index is 2450. The molecule has 0 aromatic heterocycles. The molecular formula is C65H93ClLiN4O6P3Si3U+4. The Kier molecular flexibility index (Phi) is 37.4. The average Bonchev–Trinajstić information content (AvgIpc) is 2.84. The van der Waals surface area contributed by atoms with Crippen LogP contribution in [0, 0.1) is 42.8 Å². The fraction of sp³-hybridized carbons (Fsp3) is 0.415. The molecule has 444 valence electrons. The molecule has 6 aromatic carbocycles. The van der Waals surface area contributed by atoms with Crippen LogP contribution >= 0.6 is 22.0 Å². The number of halogens is 1. The van der Waals surface area contributed by atoms with Crippen molar-refractivity contribution < 1.29 is 90.8 Å². The van der Waals surface area contributed by atoms with E-state index < -0.39 is 46.6 Å². The van der Waals surface area contributed by atoms with E-state index in [2.05, 4.69) is 262 Å². The van der Waals surface area contributed by atoms with E-state index in [1.807, 2.05) is 0 Å². The van der Waals surface area contributed by atoms with Crippen LogP contribution in [0.4, 0.5) is 0 Å². The van der Waals surface area contributed by atoms with Crippen LogP contribution in [0.25, 0.3) is 0 Å². The zero-order valence-electron chi connectivity index (χ0n) is 52.0. The van der Waals surface area contributed by atoms with E-state index in [0.29, 0.717) is 79.3 Å². The largest absolute Gasteiger partial charge is 4.00 e. The fourth-order valence-corrected chi connectivity index (χ4v) is 30.8. The van der Waals surface area contributed by atoms with Gasteiger partial charge in [0.2, 0.25) is 0 Å². The summed E-state index contributed by atoms with van der Waals surface area (Å²) < 4.78 is 45.9. The van der Waals surface area contributed by atoms with Crippen molar-refractivity contribution in [3.05, 3.63) is 194 Å². The number of rotatable bonds is 12. The minimum Gasteiger partial charge on any atom is -1.00 e. The van der Waals surface area contributed by atoms with Crippen molar-refractivity contribution in [2.75, 3.05) is 119 Å². The second kappa shape index (κ2) is 41.0. The third kappa shape index (κ3) is 28.1. The summed E-state index contributed by atoms with van der Waals surface area (Å²) in [7, 11) is -10.5. The third-order valence-electron chi connectivity index (χ3n) is 12.6. The van der Waals surface area contributed by atoms with Crippen molar-refractivity contribution in [2.24, 2.45) is 8.82 Å². The van der Waals surface area contributed by atoms with Crippen molar-refractivity contribution in [1.82, 2.24) is 9.80 Å². The van der Waals surface area contributed by atoms with Gasteiger partial charge in [-0.2, -0.15) is 0 Å². The molecule has 3 heterocycles. The number of fused-ring (bicyclic) bond motifs is 21. The van der Waals surface area contributed by atoms with Crippen LogP contribution in [0.15, 0.2) is 191 Å². The van der Waals surface area contributed by atoms with Crippen LogP contribution in [0.5, 0.6) is 0 Å². The standard InChI is InChI=1S/C31H38N2P2Si2.C18H36N2O6.C16H19PSi.ClH.Li.U/c1-36(2,3)32-34(28-19-11-7-12-20-28,29-21-13-8-14-22-29)27-35(33-37(4,5)6,30-23-15-9-16-24-30)31-25-17-10-18-26-31;1-7-21-13-14-24-10-4-20-5-11-25-17-15-22-8-2-19(1)3-9-23-16-18-26-12-6-20;1-18(2,3)14-17(15-10-6-4-7-11-15)16-12-8-5-9-13-16;;;/h7-26H,1-6H3;1-18H2;4-13H,1-3H3;1H;;/q;;;;+1;+4/p-1. The van der Waals surface area contributed by atoms with Crippen LogP contribution in [0.1, 0.15) is 0 Å². The number of hydrogen-bond donors (Lipinski definition) is 0. The first kappa shape index (κ1) is 76.7. The van der Waals surface area contributed by atoms with Gasteiger partial charge in [-0.25, -0.2) is 0 Å². The van der Waals surface area contributed by atoms with Gasteiger partial charge in [0.15, 0.2) is 16.5 Å². The Labute approximate surface area is 554 Å². The van der Waals surface area contributed by atoms with Gasteiger partial charge in [0.25, 0.3) is 0 Å². The minimum atomic E-state index is -2.45. The van der Waals surface area contributed by atoms with E-state index in [1.165, 1.54) is 31.8 Å². The summed E-state index contributed by atoms with van der Waals surface area (Å²) in [6, 6.07) is 65.2. The molecule has 3 aliphatic heterocycles. The molecule has 4 radical (unpaired) electrons. The summed E-state index contributed by atoms with van der Waals surface area (Å²) in [6.07, 6.45) is 0. The molecule has 2 bridgehead atoms. The smallest absolute Gasteiger partial charge is 1.00 e. The van der Waals surface area contributed by atoms with Gasteiger partial charge in [0.05, 0.1) is 93.3 Å². The van der Waals surface area contributed by atoms with Crippen LogP contribution in [-0.4, -0.2) is 153 Å². The first-order valence-corrected chi connectivity index (χ1v) is 44.2. The summed E-state index contributed by atoms with van der Waals surface area (Å²) >= 11 is 0. The molecule has 10 nitrogen and oxygen atoms in total. The number of ether oxygens (including phenoxy) is 6. The maximum absolute atomic E-state index is 5.87. The van der Waals surface area contributed by atoms with E-state index in [9.17, 15) is 0 Å². The fourth-order valence-electron chi connectivity index (χ4n) is 9.06. The predicted molar refractivity (Wildman–Crippen MR) is 356 cm³/mol. The first-order valence-electron chi connectivity index (χ1n) is 28.9. The van der Waals surface area contributed by atoms with E-state index in [-0.39, 0.29) is 62.4 Å². The van der Waals surface area contributed by atoms with Gasteiger partial charge in [-0.3, -0.25) is 9.80 Å².